The van der Waals surface area contributed by atoms with Gasteiger partial charge in [0.1, 0.15) is 31.4 Å². The van der Waals surface area contributed by atoms with E-state index in [0.717, 1.165) is 0 Å². The Hall–Kier alpha value is -2.37. The molecule has 0 aliphatic heterocycles. The number of ether oxygens (including phenoxy) is 3. The van der Waals surface area contributed by atoms with E-state index < -0.39 is 29.0 Å². The van der Waals surface area contributed by atoms with Gasteiger partial charge in [-0.3, -0.25) is 14.4 Å². The minimum absolute atomic E-state index is 0.0285. The molecule has 0 heterocycles. The van der Waals surface area contributed by atoms with E-state index in [1.165, 1.54) is 34.6 Å². The van der Waals surface area contributed by atoms with Crippen LogP contribution in [0.3, 0.4) is 0 Å². The number of carbonyl (C=O) groups excluding carboxylic acids is 5. The Morgan fingerprint density at radius 1 is 0.564 bits per heavy atom. The van der Waals surface area contributed by atoms with Gasteiger partial charge in [0.05, 0.1) is 17.7 Å². The molecule has 0 aliphatic carbocycles. The smallest absolute Gasteiger partial charge is 0.302 e. The van der Waals surface area contributed by atoms with Crippen LogP contribution in [0, 0.1) is 0 Å². The van der Waals surface area contributed by atoms with E-state index >= 15 is 0 Å². The standard InChI is InChI=1S/C15H27NO5.C13H25NO4/c1-11(17)7-8-15(9-20-12(2)18,10-21-13(3)19)16-14(4,5)6;1-10(16)6-7-13(8-15,9-18-11(2)17)14-12(3,4)5/h16H,7-10H2,1-6H3;14-15H,6-9H2,1-5H3. The Morgan fingerprint density at radius 3 is 1.10 bits per heavy atom. The Bertz CT molecular complexity index is 747. The van der Waals surface area contributed by atoms with Gasteiger partial charge in [-0.05, 0) is 68.2 Å². The van der Waals surface area contributed by atoms with Gasteiger partial charge >= 0.3 is 17.9 Å². The van der Waals surface area contributed by atoms with Crippen molar-refractivity contribution in [3.63, 3.8) is 0 Å². The topological polar surface area (TPSA) is 157 Å². The van der Waals surface area contributed by atoms with Crippen LogP contribution in [0.1, 0.15) is 102 Å². The van der Waals surface area contributed by atoms with E-state index in [1.807, 2.05) is 41.5 Å². The monoisotopic (exact) mass is 560 g/mol. The molecule has 0 aromatic carbocycles. The van der Waals surface area contributed by atoms with Gasteiger partial charge in [0.25, 0.3) is 0 Å². The number of esters is 3. The molecule has 0 aliphatic rings. The molecule has 0 bridgehead atoms. The quantitative estimate of drug-likeness (QED) is 0.200. The van der Waals surface area contributed by atoms with Crippen molar-refractivity contribution in [2.75, 3.05) is 26.4 Å². The Morgan fingerprint density at radius 2 is 0.846 bits per heavy atom. The summed E-state index contributed by atoms with van der Waals surface area (Å²) < 4.78 is 15.2. The molecule has 0 aromatic heterocycles. The lowest BCUT2D eigenvalue weighted by Gasteiger charge is -2.39. The van der Waals surface area contributed by atoms with Crippen LogP contribution in [0.2, 0.25) is 0 Å². The number of Topliss-reactive ketones (excluding diaryl/α,β-unsaturated/α-hetero) is 2. The van der Waals surface area contributed by atoms with Gasteiger partial charge in [0, 0.05) is 44.7 Å². The Balaban J connectivity index is 0. The lowest BCUT2D eigenvalue weighted by atomic mass is 9.90. The van der Waals surface area contributed by atoms with Crippen LogP contribution < -0.4 is 10.6 Å². The molecule has 39 heavy (non-hydrogen) atoms. The molecule has 0 aromatic rings. The summed E-state index contributed by atoms with van der Waals surface area (Å²) in [6.07, 6.45) is 1.50. The highest BCUT2D eigenvalue weighted by Gasteiger charge is 2.37. The van der Waals surface area contributed by atoms with Crippen LogP contribution in [-0.4, -0.2) is 83.2 Å². The maximum absolute atomic E-state index is 11.3. The first-order valence-corrected chi connectivity index (χ1v) is 13.1. The first kappa shape index (κ1) is 38.8. The van der Waals surface area contributed by atoms with Gasteiger partial charge in [0.15, 0.2) is 0 Å². The number of carbonyl (C=O) groups is 5. The van der Waals surface area contributed by atoms with Crippen molar-refractivity contribution in [2.45, 2.75) is 124 Å². The normalized spacial score (nSPS) is 13.3. The number of rotatable bonds is 15. The molecular formula is C28H52N2O9. The van der Waals surface area contributed by atoms with Crippen molar-refractivity contribution in [1.82, 2.24) is 10.6 Å². The van der Waals surface area contributed by atoms with E-state index in [0.29, 0.717) is 25.7 Å². The summed E-state index contributed by atoms with van der Waals surface area (Å²) in [7, 11) is 0. The van der Waals surface area contributed by atoms with E-state index in [9.17, 15) is 29.1 Å². The summed E-state index contributed by atoms with van der Waals surface area (Å²) in [4.78, 5) is 55.5. The summed E-state index contributed by atoms with van der Waals surface area (Å²) in [5, 5.41) is 16.2. The molecule has 0 amide bonds. The molecule has 0 fully saturated rings. The zero-order valence-corrected chi connectivity index (χ0v) is 25.9. The maximum atomic E-state index is 11.3. The highest BCUT2D eigenvalue weighted by molar-refractivity contribution is 5.76. The average Bonchev–Trinajstić information content (AvgIpc) is 2.75. The number of hydrogen-bond acceptors (Lipinski definition) is 11. The van der Waals surface area contributed by atoms with Gasteiger partial charge in [-0.25, -0.2) is 0 Å². The zero-order valence-electron chi connectivity index (χ0n) is 25.9. The Labute approximate surface area is 234 Å². The maximum Gasteiger partial charge on any atom is 0.302 e. The molecular weight excluding hydrogens is 508 g/mol. The fraction of sp³-hybridized carbons (Fsp3) is 0.821. The molecule has 11 nitrogen and oxygen atoms in total. The second-order valence-electron chi connectivity index (χ2n) is 12.2. The van der Waals surface area contributed by atoms with Crippen LogP contribution >= 0.6 is 0 Å². The van der Waals surface area contributed by atoms with Crippen molar-refractivity contribution in [1.29, 1.82) is 0 Å². The first-order chi connectivity index (χ1) is 17.6. The molecule has 0 saturated heterocycles. The number of ketones is 2. The average molecular weight is 561 g/mol. The van der Waals surface area contributed by atoms with E-state index in [2.05, 4.69) is 10.6 Å². The van der Waals surface area contributed by atoms with Crippen LogP contribution in [0.15, 0.2) is 0 Å². The summed E-state index contributed by atoms with van der Waals surface area (Å²) in [6, 6.07) is 0. The predicted octanol–water partition coefficient (Wildman–Crippen LogP) is 2.65. The molecule has 11 heteroatoms. The van der Waals surface area contributed by atoms with Gasteiger partial charge in [0.2, 0.25) is 0 Å². The largest absolute Gasteiger partial charge is 0.464 e. The molecule has 0 saturated carbocycles. The van der Waals surface area contributed by atoms with E-state index in [4.69, 9.17) is 14.2 Å². The predicted molar refractivity (Wildman–Crippen MR) is 148 cm³/mol. The molecule has 0 spiro atoms. The fourth-order valence-electron chi connectivity index (χ4n) is 3.80. The third kappa shape index (κ3) is 22.2. The minimum Gasteiger partial charge on any atom is -0.464 e. The van der Waals surface area contributed by atoms with Gasteiger partial charge in [-0.2, -0.15) is 0 Å². The second-order valence-corrected chi connectivity index (χ2v) is 12.2. The van der Waals surface area contributed by atoms with Gasteiger partial charge < -0.3 is 39.5 Å². The number of aliphatic hydroxyl groups is 1. The lowest BCUT2D eigenvalue weighted by molar-refractivity contribution is -0.149. The van der Waals surface area contributed by atoms with Gasteiger partial charge in [-0.15, -0.1) is 0 Å². The van der Waals surface area contributed by atoms with Crippen molar-refractivity contribution in [3.05, 3.63) is 0 Å². The van der Waals surface area contributed by atoms with Crippen LogP contribution in [0.4, 0.5) is 0 Å². The highest BCUT2D eigenvalue weighted by Crippen LogP contribution is 2.21. The molecule has 0 radical (unpaired) electrons. The van der Waals surface area contributed by atoms with E-state index in [1.54, 1.807) is 0 Å². The summed E-state index contributed by atoms with van der Waals surface area (Å²) >= 11 is 0. The number of nitrogens with one attached hydrogen (secondary N) is 2. The van der Waals surface area contributed by atoms with Crippen molar-refractivity contribution in [3.8, 4) is 0 Å². The van der Waals surface area contributed by atoms with Crippen LogP contribution in [-0.2, 0) is 38.2 Å². The second kappa shape index (κ2) is 17.3. The van der Waals surface area contributed by atoms with Crippen molar-refractivity contribution in [2.24, 2.45) is 0 Å². The third-order valence-electron chi connectivity index (χ3n) is 5.15. The first-order valence-electron chi connectivity index (χ1n) is 13.1. The van der Waals surface area contributed by atoms with Gasteiger partial charge in [-0.1, -0.05) is 0 Å². The zero-order chi connectivity index (χ0) is 31.1. The molecule has 1 atom stereocenters. The van der Waals surface area contributed by atoms with Crippen LogP contribution in [0.25, 0.3) is 0 Å². The lowest BCUT2D eigenvalue weighted by Crippen LogP contribution is -2.60. The molecule has 3 N–H and O–H groups in total. The summed E-state index contributed by atoms with van der Waals surface area (Å²) in [6.45, 7) is 18.7. The molecule has 1 unspecified atom stereocenters. The number of aliphatic hydroxyl groups excluding tert-OH is 1. The van der Waals surface area contributed by atoms with Crippen molar-refractivity contribution < 1.29 is 43.3 Å². The highest BCUT2D eigenvalue weighted by atomic mass is 16.5. The minimum atomic E-state index is -0.777. The van der Waals surface area contributed by atoms with Crippen LogP contribution in [0.5, 0.6) is 0 Å². The van der Waals surface area contributed by atoms with Crippen molar-refractivity contribution >= 4 is 29.5 Å². The summed E-state index contributed by atoms with van der Waals surface area (Å²) in [5.41, 5.74) is -2.09. The SMILES string of the molecule is CC(=O)CCC(CO)(COC(C)=O)NC(C)(C)C.CC(=O)CCC(COC(C)=O)(COC(C)=O)NC(C)(C)C. The molecule has 0 rings (SSSR count). The van der Waals surface area contributed by atoms with E-state index in [-0.39, 0.29) is 49.1 Å². The third-order valence-corrected chi connectivity index (χ3v) is 5.15. The fourth-order valence-corrected chi connectivity index (χ4v) is 3.80. The number of hydrogen-bond donors (Lipinski definition) is 3. The molecule has 228 valence electrons. The summed E-state index contributed by atoms with van der Waals surface area (Å²) in [5.74, 6) is -1.15. The Kier molecular flexibility index (Phi) is 17.2.